The highest BCUT2D eigenvalue weighted by Gasteiger charge is 2.27. The summed E-state index contributed by atoms with van der Waals surface area (Å²) in [4.78, 5) is 20.5. The Morgan fingerprint density at radius 3 is 2.92 bits per heavy atom. The van der Waals surface area contributed by atoms with E-state index in [1.54, 1.807) is 18.3 Å². The van der Waals surface area contributed by atoms with Crippen LogP contribution >= 0.6 is 0 Å². The first-order valence-corrected chi connectivity index (χ1v) is 7.72. The summed E-state index contributed by atoms with van der Waals surface area (Å²) in [5.41, 5.74) is 0.717. The molecule has 1 saturated carbocycles. The quantitative estimate of drug-likeness (QED) is 0.795. The molecule has 3 rings (SSSR count). The minimum atomic E-state index is -0.569. The van der Waals surface area contributed by atoms with Crippen molar-refractivity contribution in [3.63, 3.8) is 0 Å². The molecule has 2 N–H and O–H groups in total. The van der Waals surface area contributed by atoms with Crippen molar-refractivity contribution in [1.29, 1.82) is 5.26 Å². The smallest absolute Gasteiger partial charge is 0.270 e. The van der Waals surface area contributed by atoms with Crippen molar-refractivity contribution in [3.8, 4) is 6.07 Å². The molecular formula is C17H16FN5O. The lowest BCUT2D eigenvalue weighted by Gasteiger charge is -2.09. The van der Waals surface area contributed by atoms with E-state index in [0.29, 0.717) is 30.4 Å². The van der Waals surface area contributed by atoms with Crippen LogP contribution in [0.5, 0.6) is 0 Å². The summed E-state index contributed by atoms with van der Waals surface area (Å²) >= 11 is 0. The zero-order chi connectivity index (χ0) is 16.9. The van der Waals surface area contributed by atoms with Crippen molar-refractivity contribution >= 4 is 11.6 Å². The van der Waals surface area contributed by atoms with Gasteiger partial charge < -0.3 is 10.6 Å². The van der Waals surface area contributed by atoms with E-state index in [2.05, 4.69) is 20.6 Å². The molecule has 122 valence electrons. The molecule has 1 aromatic carbocycles. The molecule has 1 aliphatic rings. The van der Waals surface area contributed by atoms with Crippen molar-refractivity contribution in [1.82, 2.24) is 15.3 Å². The lowest BCUT2D eigenvalue weighted by molar-refractivity contribution is 0.0949. The second-order valence-electron chi connectivity index (χ2n) is 5.53. The molecule has 0 atom stereocenters. The van der Waals surface area contributed by atoms with Crippen LogP contribution in [0.25, 0.3) is 0 Å². The van der Waals surface area contributed by atoms with Gasteiger partial charge >= 0.3 is 0 Å². The average molecular weight is 325 g/mol. The number of anilines is 1. The van der Waals surface area contributed by atoms with Crippen LogP contribution < -0.4 is 10.6 Å². The summed E-state index contributed by atoms with van der Waals surface area (Å²) in [7, 11) is 0. The topological polar surface area (TPSA) is 90.7 Å². The van der Waals surface area contributed by atoms with Crippen molar-refractivity contribution in [2.24, 2.45) is 0 Å². The van der Waals surface area contributed by atoms with Gasteiger partial charge in [0, 0.05) is 25.2 Å². The van der Waals surface area contributed by atoms with E-state index in [-0.39, 0.29) is 11.5 Å². The minimum absolute atomic E-state index is 0.0336. The Balaban J connectivity index is 1.52. The van der Waals surface area contributed by atoms with Gasteiger partial charge in [0.25, 0.3) is 5.91 Å². The van der Waals surface area contributed by atoms with Crippen LogP contribution in [0.3, 0.4) is 0 Å². The molecule has 24 heavy (non-hydrogen) atoms. The maximum Gasteiger partial charge on any atom is 0.270 e. The molecule has 0 unspecified atom stereocenters. The summed E-state index contributed by atoms with van der Waals surface area (Å²) in [5, 5.41) is 14.6. The number of carbonyl (C=O) groups is 1. The monoisotopic (exact) mass is 325 g/mol. The Labute approximate surface area is 138 Å². The Hall–Kier alpha value is -3.01. The highest BCUT2D eigenvalue weighted by molar-refractivity contribution is 5.92. The Morgan fingerprint density at radius 1 is 1.33 bits per heavy atom. The zero-order valence-electron chi connectivity index (χ0n) is 12.9. The number of benzene rings is 1. The fourth-order valence-electron chi connectivity index (χ4n) is 2.29. The largest absolute Gasteiger partial charge is 0.382 e. The Kier molecular flexibility index (Phi) is 4.66. The Morgan fingerprint density at radius 2 is 2.17 bits per heavy atom. The van der Waals surface area contributed by atoms with Gasteiger partial charge in [0.05, 0.1) is 5.69 Å². The maximum atomic E-state index is 13.5. The molecular weight excluding hydrogens is 309 g/mol. The van der Waals surface area contributed by atoms with E-state index in [9.17, 15) is 9.18 Å². The highest BCUT2D eigenvalue weighted by Crippen LogP contribution is 2.37. The number of aromatic nitrogens is 2. The number of hydrogen-bond acceptors (Lipinski definition) is 5. The first-order valence-electron chi connectivity index (χ1n) is 7.72. The number of amides is 1. The first-order chi connectivity index (χ1) is 11.7. The molecule has 6 nitrogen and oxygen atoms in total. The molecule has 1 amide bonds. The van der Waals surface area contributed by atoms with E-state index < -0.39 is 5.82 Å². The second kappa shape index (κ2) is 7.04. The first kappa shape index (κ1) is 15.9. The lowest BCUT2D eigenvalue weighted by atomic mass is 10.2. The van der Waals surface area contributed by atoms with Crippen LogP contribution in [0.1, 0.15) is 40.6 Å². The van der Waals surface area contributed by atoms with Gasteiger partial charge in [-0.1, -0.05) is 6.07 Å². The van der Waals surface area contributed by atoms with Crippen molar-refractivity contribution in [2.75, 3.05) is 18.4 Å². The third-order valence-corrected chi connectivity index (χ3v) is 3.70. The fraction of sp³-hybridized carbons (Fsp3) is 0.294. The van der Waals surface area contributed by atoms with E-state index in [0.717, 1.165) is 18.7 Å². The number of nitriles is 1. The summed E-state index contributed by atoms with van der Waals surface area (Å²) in [6, 6.07) is 7.78. The molecule has 1 aliphatic carbocycles. The number of nitrogens with zero attached hydrogens (tertiary/aromatic N) is 3. The predicted octanol–water partition coefficient (Wildman–Crippen LogP) is 2.21. The van der Waals surface area contributed by atoms with Gasteiger partial charge in [0.2, 0.25) is 0 Å². The summed E-state index contributed by atoms with van der Waals surface area (Å²) in [6.45, 7) is 0.688. The molecule has 0 spiro atoms. The van der Waals surface area contributed by atoms with Gasteiger partial charge in [-0.25, -0.2) is 14.4 Å². The van der Waals surface area contributed by atoms with Gasteiger partial charge in [-0.15, -0.1) is 0 Å². The van der Waals surface area contributed by atoms with Crippen molar-refractivity contribution < 1.29 is 9.18 Å². The molecule has 1 heterocycles. The highest BCUT2D eigenvalue weighted by atomic mass is 19.1. The second-order valence-corrected chi connectivity index (χ2v) is 5.53. The van der Waals surface area contributed by atoms with Crippen LogP contribution in [0, 0.1) is 17.1 Å². The Bertz CT molecular complexity index is 798. The van der Waals surface area contributed by atoms with Gasteiger partial charge in [-0.3, -0.25) is 4.79 Å². The van der Waals surface area contributed by atoms with Crippen molar-refractivity contribution in [2.45, 2.75) is 18.8 Å². The third-order valence-electron chi connectivity index (χ3n) is 3.70. The number of rotatable bonds is 6. The average Bonchev–Trinajstić information content (AvgIpc) is 3.44. The van der Waals surface area contributed by atoms with Gasteiger partial charge in [0.1, 0.15) is 29.0 Å². The van der Waals surface area contributed by atoms with Crippen LogP contribution in [0.15, 0.2) is 30.5 Å². The normalized spacial score (nSPS) is 13.2. The van der Waals surface area contributed by atoms with Crippen LogP contribution in [-0.2, 0) is 0 Å². The minimum Gasteiger partial charge on any atom is -0.382 e. The van der Waals surface area contributed by atoms with E-state index in [1.165, 1.54) is 12.1 Å². The molecule has 1 aromatic heterocycles. The van der Waals surface area contributed by atoms with Gasteiger partial charge in [-0.2, -0.15) is 5.26 Å². The number of hydrogen-bond donors (Lipinski definition) is 2. The zero-order valence-corrected chi connectivity index (χ0v) is 12.9. The summed E-state index contributed by atoms with van der Waals surface area (Å²) in [6.07, 6.45) is 3.74. The van der Waals surface area contributed by atoms with Crippen LogP contribution in [0.4, 0.5) is 10.1 Å². The van der Waals surface area contributed by atoms with Crippen LogP contribution in [0.2, 0.25) is 0 Å². The van der Waals surface area contributed by atoms with Gasteiger partial charge in [0.15, 0.2) is 0 Å². The molecule has 1 fully saturated rings. The summed E-state index contributed by atoms with van der Waals surface area (Å²) < 4.78 is 13.5. The predicted molar refractivity (Wildman–Crippen MR) is 85.9 cm³/mol. The van der Waals surface area contributed by atoms with E-state index in [1.807, 2.05) is 6.07 Å². The summed E-state index contributed by atoms with van der Waals surface area (Å²) in [5.74, 6) is 0.261. The molecule has 2 aromatic rings. The molecule has 0 aliphatic heterocycles. The molecule has 0 bridgehead atoms. The third kappa shape index (κ3) is 3.66. The number of nitrogens with one attached hydrogen (secondary N) is 2. The SMILES string of the molecule is N#Cc1c(F)cccc1NCCNC(=O)c1ccnc(C2CC2)n1. The number of carbonyl (C=O) groups excluding carboxylic acids is 1. The van der Waals surface area contributed by atoms with Crippen molar-refractivity contribution in [3.05, 3.63) is 53.4 Å². The fourth-order valence-corrected chi connectivity index (χ4v) is 2.29. The molecule has 7 heteroatoms. The van der Waals surface area contributed by atoms with E-state index in [4.69, 9.17) is 5.26 Å². The maximum absolute atomic E-state index is 13.5. The number of halogens is 1. The molecule has 0 saturated heterocycles. The molecule has 0 radical (unpaired) electrons. The lowest BCUT2D eigenvalue weighted by Crippen LogP contribution is -2.29. The van der Waals surface area contributed by atoms with Gasteiger partial charge in [-0.05, 0) is 31.0 Å². The van der Waals surface area contributed by atoms with Crippen LogP contribution in [-0.4, -0.2) is 29.0 Å². The standard InChI is InChI=1S/C17H16FN5O/c18-13-2-1-3-14(12(13)10-19)20-8-9-22-17(24)15-6-7-21-16(23-15)11-4-5-11/h1-3,6-7,11,20H,4-5,8-9H2,(H,22,24). The van der Waals surface area contributed by atoms with E-state index >= 15 is 0 Å².